The second-order valence-corrected chi connectivity index (χ2v) is 16.3. The van der Waals surface area contributed by atoms with Crippen LogP contribution in [0.1, 0.15) is 0 Å². The fourth-order valence-corrected chi connectivity index (χ4v) is 10.4. The molecule has 0 radical (unpaired) electrons. The Balaban J connectivity index is 0.954. The molecule has 0 N–H and O–H groups in total. The SMILES string of the molecule is c1ccc2c(c1)ccc1c2oc2ccc3c4ccccc4c4cc(-c5ccc6oc7ccc(-c8ccc9c%10ccccc%10c%10ccccc%10c9c8)cc7c6c5)ccc4c3c21. The van der Waals surface area contributed by atoms with Crippen molar-refractivity contribution in [3.05, 3.63) is 194 Å². The Morgan fingerprint density at radius 3 is 1.20 bits per heavy atom. The van der Waals surface area contributed by atoms with Crippen LogP contribution in [0.25, 0.3) is 142 Å². The molecular weight excluding hydrogens is 729 g/mol. The normalized spacial score (nSPS) is 12.3. The molecule has 0 aliphatic rings. The summed E-state index contributed by atoms with van der Waals surface area (Å²) in [5.74, 6) is 0. The van der Waals surface area contributed by atoms with Gasteiger partial charge in [0.25, 0.3) is 0 Å². The van der Waals surface area contributed by atoms with Crippen molar-refractivity contribution in [2.24, 2.45) is 0 Å². The minimum atomic E-state index is 0.890. The van der Waals surface area contributed by atoms with E-state index in [0.29, 0.717) is 0 Å². The van der Waals surface area contributed by atoms with Crippen LogP contribution < -0.4 is 0 Å². The molecule has 2 heterocycles. The monoisotopic (exact) mass is 760 g/mol. The van der Waals surface area contributed by atoms with E-state index in [-0.39, 0.29) is 0 Å². The van der Waals surface area contributed by atoms with Crippen molar-refractivity contribution < 1.29 is 8.83 Å². The number of furan rings is 2. The molecule has 0 saturated heterocycles. The molecular formula is C58H32O2. The summed E-state index contributed by atoms with van der Waals surface area (Å²) in [5.41, 5.74) is 8.33. The maximum absolute atomic E-state index is 6.68. The summed E-state index contributed by atoms with van der Waals surface area (Å²) in [6, 6.07) is 70.9. The number of benzene rings is 12. The molecule has 0 unspecified atom stereocenters. The van der Waals surface area contributed by atoms with Crippen LogP contribution in [-0.2, 0) is 0 Å². The van der Waals surface area contributed by atoms with Crippen molar-refractivity contribution >= 4 is 119 Å². The molecule has 2 heteroatoms. The summed E-state index contributed by atoms with van der Waals surface area (Å²) in [6.07, 6.45) is 0. The van der Waals surface area contributed by atoms with Gasteiger partial charge in [-0.15, -0.1) is 0 Å². The van der Waals surface area contributed by atoms with Gasteiger partial charge in [-0.3, -0.25) is 0 Å². The number of hydrogen-bond acceptors (Lipinski definition) is 2. The second kappa shape index (κ2) is 11.8. The Kier molecular flexibility index (Phi) is 6.32. The summed E-state index contributed by atoms with van der Waals surface area (Å²) < 4.78 is 13.1. The predicted molar refractivity (Wildman–Crippen MR) is 254 cm³/mol. The van der Waals surface area contributed by atoms with Gasteiger partial charge in [0.2, 0.25) is 0 Å². The first-order valence-corrected chi connectivity index (χ1v) is 20.6. The van der Waals surface area contributed by atoms with Gasteiger partial charge in [0.1, 0.15) is 22.3 Å². The second-order valence-electron chi connectivity index (χ2n) is 16.3. The van der Waals surface area contributed by atoms with E-state index >= 15 is 0 Å². The molecule has 0 spiro atoms. The average molecular weight is 761 g/mol. The van der Waals surface area contributed by atoms with E-state index < -0.39 is 0 Å². The molecule has 0 bridgehead atoms. The Morgan fingerprint density at radius 1 is 0.217 bits per heavy atom. The van der Waals surface area contributed by atoms with Crippen LogP contribution in [0.2, 0.25) is 0 Å². The fraction of sp³-hybridized carbons (Fsp3) is 0. The summed E-state index contributed by atoms with van der Waals surface area (Å²) in [5, 5.41) is 22.0. The van der Waals surface area contributed by atoms with Crippen molar-refractivity contribution in [1.82, 2.24) is 0 Å². The molecule has 2 aromatic heterocycles. The Labute approximate surface area is 343 Å². The zero-order valence-corrected chi connectivity index (χ0v) is 32.3. The maximum Gasteiger partial charge on any atom is 0.143 e. The molecule has 0 fully saturated rings. The molecule has 14 rings (SSSR count). The lowest BCUT2D eigenvalue weighted by Crippen LogP contribution is -1.86. The van der Waals surface area contributed by atoms with Crippen molar-refractivity contribution in [1.29, 1.82) is 0 Å². The van der Waals surface area contributed by atoms with Gasteiger partial charge in [-0.25, -0.2) is 0 Å². The van der Waals surface area contributed by atoms with Crippen molar-refractivity contribution in [2.45, 2.75) is 0 Å². The first-order valence-electron chi connectivity index (χ1n) is 20.6. The third kappa shape index (κ3) is 4.37. The third-order valence-electron chi connectivity index (χ3n) is 13.2. The van der Waals surface area contributed by atoms with Gasteiger partial charge in [0, 0.05) is 32.3 Å². The minimum Gasteiger partial charge on any atom is -0.456 e. The quantitative estimate of drug-likeness (QED) is 0.164. The van der Waals surface area contributed by atoms with E-state index in [2.05, 4.69) is 194 Å². The van der Waals surface area contributed by atoms with Crippen LogP contribution in [0, 0.1) is 0 Å². The van der Waals surface area contributed by atoms with Gasteiger partial charge in [-0.2, -0.15) is 0 Å². The highest BCUT2D eigenvalue weighted by Gasteiger charge is 2.19. The lowest BCUT2D eigenvalue weighted by atomic mass is 9.89. The van der Waals surface area contributed by atoms with Crippen LogP contribution in [0.15, 0.2) is 203 Å². The molecule has 60 heavy (non-hydrogen) atoms. The molecule has 12 aromatic carbocycles. The van der Waals surface area contributed by atoms with Gasteiger partial charge in [-0.1, -0.05) is 140 Å². The highest BCUT2D eigenvalue weighted by Crippen LogP contribution is 2.45. The van der Waals surface area contributed by atoms with Crippen LogP contribution in [0.4, 0.5) is 0 Å². The molecule has 0 amide bonds. The topological polar surface area (TPSA) is 26.3 Å². The standard InChI is InChI=1S/C58H32O2/c1-2-10-38-33(9-1)17-24-48-57-55(60-58(38)48)28-25-46-42-14-6-8-16-44(42)50-30-35(19-23-47(50)56(46)57)37-21-27-54-52(32-37)51-31-36(20-26-53(51)59-54)34-18-22-45-41-13-4-3-11-39(41)40-12-5-7-15-43(40)49(45)29-34/h1-32H. The summed E-state index contributed by atoms with van der Waals surface area (Å²) in [6.45, 7) is 0. The zero-order valence-electron chi connectivity index (χ0n) is 32.3. The highest BCUT2D eigenvalue weighted by molar-refractivity contribution is 6.36. The predicted octanol–water partition coefficient (Wildman–Crippen LogP) is 16.9. The lowest BCUT2D eigenvalue weighted by Gasteiger charge is -2.13. The van der Waals surface area contributed by atoms with Crippen LogP contribution in [-0.4, -0.2) is 0 Å². The number of fused-ring (bicyclic) bond motifs is 21. The molecule has 0 aliphatic heterocycles. The molecule has 0 aliphatic carbocycles. The molecule has 276 valence electrons. The average Bonchev–Trinajstić information content (AvgIpc) is 3.89. The first-order chi connectivity index (χ1) is 29.7. The zero-order chi connectivity index (χ0) is 39.1. The van der Waals surface area contributed by atoms with Crippen molar-refractivity contribution in [3.63, 3.8) is 0 Å². The first kappa shape index (κ1) is 32.1. The largest absolute Gasteiger partial charge is 0.456 e. The summed E-state index contributed by atoms with van der Waals surface area (Å²) in [7, 11) is 0. The van der Waals surface area contributed by atoms with Gasteiger partial charge < -0.3 is 8.83 Å². The third-order valence-corrected chi connectivity index (χ3v) is 13.2. The summed E-state index contributed by atoms with van der Waals surface area (Å²) in [4.78, 5) is 0. The number of hydrogen-bond donors (Lipinski definition) is 0. The van der Waals surface area contributed by atoms with E-state index in [9.17, 15) is 0 Å². The van der Waals surface area contributed by atoms with E-state index in [1.807, 2.05) is 0 Å². The van der Waals surface area contributed by atoms with Gasteiger partial charge in [-0.05, 0) is 141 Å². The van der Waals surface area contributed by atoms with Crippen molar-refractivity contribution in [3.8, 4) is 22.3 Å². The van der Waals surface area contributed by atoms with E-state index in [1.165, 1.54) is 92.1 Å². The molecule has 2 nitrogen and oxygen atoms in total. The Bertz CT molecular complexity index is 4150. The van der Waals surface area contributed by atoms with E-state index in [4.69, 9.17) is 8.83 Å². The Hall–Kier alpha value is -7.94. The van der Waals surface area contributed by atoms with Crippen LogP contribution >= 0.6 is 0 Å². The number of rotatable bonds is 2. The smallest absolute Gasteiger partial charge is 0.143 e. The molecule has 14 aromatic rings. The van der Waals surface area contributed by atoms with Crippen LogP contribution in [0.5, 0.6) is 0 Å². The van der Waals surface area contributed by atoms with Crippen molar-refractivity contribution in [2.75, 3.05) is 0 Å². The van der Waals surface area contributed by atoms with E-state index in [0.717, 1.165) is 49.4 Å². The Morgan fingerprint density at radius 2 is 0.600 bits per heavy atom. The highest BCUT2D eigenvalue weighted by atomic mass is 16.3. The van der Waals surface area contributed by atoms with E-state index in [1.54, 1.807) is 0 Å². The fourth-order valence-electron chi connectivity index (χ4n) is 10.4. The van der Waals surface area contributed by atoms with Gasteiger partial charge in [0.05, 0.1) is 0 Å². The van der Waals surface area contributed by atoms with Crippen LogP contribution in [0.3, 0.4) is 0 Å². The lowest BCUT2D eigenvalue weighted by molar-refractivity contribution is 0.669. The van der Waals surface area contributed by atoms with Gasteiger partial charge in [0.15, 0.2) is 0 Å². The summed E-state index contributed by atoms with van der Waals surface area (Å²) >= 11 is 0. The van der Waals surface area contributed by atoms with Gasteiger partial charge >= 0.3 is 0 Å². The maximum atomic E-state index is 6.68. The molecule has 0 atom stereocenters. The minimum absolute atomic E-state index is 0.890. The molecule has 0 saturated carbocycles.